The van der Waals surface area contributed by atoms with Crippen molar-refractivity contribution in [2.75, 3.05) is 7.11 Å². The number of carbonyl (C=O) groups is 1. The molecular formula is C13H16O4S. The third-order valence-electron chi connectivity index (χ3n) is 3.26. The molecule has 0 amide bonds. The number of hydrogen-bond acceptors (Lipinski definition) is 4. The maximum atomic E-state index is 12.3. The summed E-state index contributed by atoms with van der Waals surface area (Å²) in [5.41, 5.74) is 0. The summed E-state index contributed by atoms with van der Waals surface area (Å²) in [6.07, 6.45) is 1.89. The van der Waals surface area contributed by atoms with E-state index in [1.807, 2.05) is 0 Å². The van der Waals surface area contributed by atoms with Gasteiger partial charge in [-0.25, -0.2) is 8.42 Å². The Hall–Kier alpha value is -1.36. The smallest absolute Gasteiger partial charge is 0.181 e. The van der Waals surface area contributed by atoms with Gasteiger partial charge in [0.05, 0.1) is 17.3 Å². The second kappa shape index (κ2) is 5.10. The predicted octanol–water partition coefficient (Wildman–Crippen LogP) is 1.98. The highest BCUT2D eigenvalue weighted by Gasteiger charge is 2.31. The number of carbonyl (C=O) groups excluding carboxylic acids is 1. The fourth-order valence-electron chi connectivity index (χ4n) is 2.21. The minimum atomic E-state index is -3.40. The van der Waals surface area contributed by atoms with Crippen LogP contribution < -0.4 is 4.74 Å². The molecule has 1 aromatic rings. The minimum Gasteiger partial charge on any atom is -0.497 e. The van der Waals surface area contributed by atoms with Crippen molar-refractivity contribution in [2.24, 2.45) is 0 Å². The Kier molecular flexibility index (Phi) is 3.71. The topological polar surface area (TPSA) is 60.4 Å². The third-order valence-corrected chi connectivity index (χ3v) is 5.47. The molecule has 1 unspecified atom stereocenters. The molecule has 1 fully saturated rings. The molecule has 98 valence electrons. The first-order valence-corrected chi connectivity index (χ1v) is 7.48. The molecule has 0 bridgehead atoms. The lowest BCUT2D eigenvalue weighted by Gasteiger charge is -2.21. The van der Waals surface area contributed by atoms with E-state index in [0.717, 1.165) is 0 Å². The number of sulfone groups is 1. The molecule has 0 spiro atoms. The molecule has 2 rings (SSSR count). The molecule has 1 aromatic carbocycles. The molecule has 4 nitrogen and oxygen atoms in total. The van der Waals surface area contributed by atoms with Gasteiger partial charge in [0.2, 0.25) is 0 Å². The fraction of sp³-hybridized carbons (Fsp3) is 0.462. The van der Waals surface area contributed by atoms with Crippen LogP contribution in [0.2, 0.25) is 0 Å². The quantitative estimate of drug-likeness (QED) is 0.841. The fourth-order valence-corrected chi connectivity index (χ4v) is 3.99. The average molecular weight is 268 g/mol. The van der Waals surface area contributed by atoms with Crippen LogP contribution in [0.3, 0.4) is 0 Å². The number of ketones is 1. The van der Waals surface area contributed by atoms with Gasteiger partial charge in [-0.15, -0.1) is 0 Å². The van der Waals surface area contributed by atoms with Gasteiger partial charge in [0.1, 0.15) is 11.5 Å². The molecule has 1 aliphatic rings. The van der Waals surface area contributed by atoms with Crippen molar-refractivity contribution >= 4 is 15.6 Å². The number of rotatable bonds is 3. The first kappa shape index (κ1) is 13.1. The molecule has 1 aliphatic carbocycles. The van der Waals surface area contributed by atoms with E-state index < -0.39 is 15.1 Å². The first-order valence-electron chi connectivity index (χ1n) is 5.93. The molecule has 18 heavy (non-hydrogen) atoms. The average Bonchev–Trinajstić information content (AvgIpc) is 2.39. The van der Waals surface area contributed by atoms with E-state index in [1.165, 1.54) is 19.2 Å². The summed E-state index contributed by atoms with van der Waals surface area (Å²) in [5, 5.41) is -0.563. The van der Waals surface area contributed by atoms with Gasteiger partial charge in [-0.2, -0.15) is 0 Å². The predicted molar refractivity (Wildman–Crippen MR) is 67.4 cm³/mol. The van der Waals surface area contributed by atoms with E-state index >= 15 is 0 Å². The first-order chi connectivity index (χ1) is 8.54. The third kappa shape index (κ3) is 2.56. The molecule has 5 heteroatoms. The van der Waals surface area contributed by atoms with E-state index in [0.29, 0.717) is 25.0 Å². The van der Waals surface area contributed by atoms with Crippen LogP contribution in [0.1, 0.15) is 25.7 Å². The Balaban J connectivity index is 2.26. The summed E-state index contributed by atoms with van der Waals surface area (Å²) >= 11 is 0. The molecule has 0 heterocycles. The van der Waals surface area contributed by atoms with Gasteiger partial charge in [-0.3, -0.25) is 4.79 Å². The number of methoxy groups -OCH3 is 1. The number of benzene rings is 1. The lowest BCUT2D eigenvalue weighted by Crippen LogP contribution is -2.28. The van der Waals surface area contributed by atoms with Crippen molar-refractivity contribution in [3.8, 4) is 5.75 Å². The van der Waals surface area contributed by atoms with Gasteiger partial charge >= 0.3 is 0 Å². The van der Waals surface area contributed by atoms with Gasteiger partial charge in [0.25, 0.3) is 0 Å². The van der Waals surface area contributed by atoms with Crippen LogP contribution in [0.5, 0.6) is 5.75 Å². The zero-order chi connectivity index (χ0) is 13.2. The summed E-state index contributed by atoms with van der Waals surface area (Å²) in [7, 11) is -1.87. The van der Waals surface area contributed by atoms with Crippen LogP contribution >= 0.6 is 0 Å². The number of hydrogen-bond donors (Lipinski definition) is 0. The van der Waals surface area contributed by atoms with E-state index in [2.05, 4.69) is 0 Å². The van der Waals surface area contributed by atoms with Crippen LogP contribution in [0.4, 0.5) is 0 Å². The van der Waals surface area contributed by atoms with Crippen LogP contribution in [-0.2, 0) is 14.6 Å². The van der Waals surface area contributed by atoms with Crippen LogP contribution in [0.15, 0.2) is 29.2 Å². The lowest BCUT2D eigenvalue weighted by molar-refractivity contribution is -0.120. The minimum absolute atomic E-state index is 0.0448. The summed E-state index contributed by atoms with van der Waals surface area (Å²) in [4.78, 5) is 11.6. The largest absolute Gasteiger partial charge is 0.497 e. The number of Topliss-reactive ketones (excluding diaryl/α,β-unsaturated/α-hetero) is 1. The normalized spacial score (nSPS) is 20.7. The van der Waals surface area contributed by atoms with Gasteiger partial charge < -0.3 is 4.74 Å². The zero-order valence-corrected chi connectivity index (χ0v) is 11.1. The van der Waals surface area contributed by atoms with Gasteiger partial charge in [0, 0.05) is 12.8 Å². The van der Waals surface area contributed by atoms with E-state index in [1.54, 1.807) is 12.1 Å². The monoisotopic (exact) mass is 268 g/mol. The SMILES string of the molecule is COc1ccc(S(=O)(=O)C2CCCC(=O)C2)cc1. The van der Waals surface area contributed by atoms with Crippen molar-refractivity contribution in [3.63, 3.8) is 0 Å². The van der Waals surface area contributed by atoms with Crippen molar-refractivity contribution in [2.45, 2.75) is 35.8 Å². The molecular weight excluding hydrogens is 252 g/mol. The Morgan fingerprint density at radius 2 is 1.89 bits per heavy atom. The van der Waals surface area contributed by atoms with E-state index in [-0.39, 0.29) is 17.1 Å². The highest BCUT2D eigenvalue weighted by Crippen LogP contribution is 2.27. The molecule has 1 atom stereocenters. The molecule has 0 saturated heterocycles. The molecule has 1 saturated carbocycles. The lowest BCUT2D eigenvalue weighted by atomic mass is 9.99. The Labute approximate surface area is 107 Å². The van der Waals surface area contributed by atoms with Crippen molar-refractivity contribution < 1.29 is 17.9 Å². The van der Waals surface area contributed by atoms with Crippen molar-refractivity contribution in [3.05, 3.63) is 24.3 Å². The van der Waals surface area contributed by atoms with Gasteiger partial charge in [-0.05, 0) is 37.1 Å². The number of ether oxygens (including phenoxy) is 1. The van der Waals surface area contributed by atoms with Gasteiger partial charge in [-0.1, -0.05) is 0 Å². The van der Waals surface area contributed by atoms with Crippen LogP contribution in [0, 0.1) is 0 Å². The molecule has 0 radical (unpaired) electrons. The van der Waals surface area contributed by atoms with E-state index in [4.69, 9.17) is 4.74 Å². The van der Waals surface area contributed by atoms with E-state index in [9.17, 15) is 13.2 Å². The van der Waals surface area contributed by atoms with Crippen molar-refractivity contribution in [1.29, 1.82) is 0 Å². The molecule has 0 aliphatic heterocycles. The maximum absolute atomic E-state index is 12.3. The summed E-state index contributed by atoms with van der Waals surface area (Å²) in [6.45, 7) is 0. The Morgan fingerprint density at radius 1 is 1.22 bits per heavy atom. The highest BCUT2D eigenvalue weighted by molar-refractivity contribution is 7.92. The molecule has 0 aromatic heterocycles. The summed E-state index contributed by atoms with van der Waals surface area (Å²) < 4.78 is 29.7. The summed E-state index contributed by atoms with van der Waals surface area (Å²) in [5.74, 6) is 0.664. The Morgan fingerprint density at radius 3 is 2.44 bits per heavy atom. The summed E-state index contributed by atoms with van der Waals surface area (Å²) in [6, 6.07) is 6.32. The second-order valence-electron chi connectivity index (χ2n) is 4.48. The Bertz CT molecular complexity index is 531. The molecule has 0 N–H and O–H groups in total. The highest BCUT2D eigenvalue weighted by atomic mass is 32.2. The van der Waals surface area contributed by atoms with Gasteiger partial charge in [0.15, 0.2) is 9.84 Å². The standard InChI is InChI=1S/C13H16O4S/c1-17-11-5-7-12(8-6-11)18(15,16)13-4-2-3-10(14)9-13/h5-8,13H,2-4,9H2,1H3. The maximum Gasteiger partial charge on any atom is 0.181 e. The van der Waals surface area contributed by atoms with Crippen LogP contribution in [-0.4, -0.2) is 26.6 Å². The van der Waals surface area contributed by atoms with Crippen molar-refractivity contribution in [1.82, 2.24) is 0 Å². The van der Waals surface area contributed by atoms with Crippen LogP contribution in [0.25, 0.3) is 0 Å². The second-order valence-corrected chi connectivity index (χ2v) is 6.71. The zero-order valence-electron chi connectivity index (χ0n) is 10.3.